The highest BCUT2D eigenvalue weighted by Gasteiger charge is 2.34. The molecule has 0 bridgehead atoms. The van der Waals surface area contributed by atoms with Gasteiger partial charge in [-0.25, -0.2) is 0 Å². The molecule has 1 aliphatic rings. The van der Waals surface area contributed by atoms with Gasteiger partial charge in [0.2, 0.25) is 0 Å². The van der Waals surface area contributed by atoms with E-state index in [0.717, 1.165) is 18.4 Å². The van der Waals surface area contributed by atoms with Crippen molar-refractivity contribution in [1.29, 1.82) is 0 Å². The number of nitrogens with two attached hydrogens (primary N) is 1. The molecule has 0 fully saturated rings. The Hall–Kier alpha value is -0.860. The molecule has 2 rings (SSSR count). The van der Waals surface area contributed by atoms with E-state index < -0.39 is 5.60 Å². The second-order valence-corrected chi connectivity index (χ2v) is 3.39. The fraction of sp³-hybridized carbons (Fsp3) is 0.400. The van der Waals surface area contributed by atoms with Crippen molar-refractivity contribution >= 4 is 0 Å². The van der Waals surface area contributed by atoms with Gasteiger partial charge in [0.05, 0.1) is 0 Å². The molecule has 0 radical (unpaired) electrons. The molecule has 2 nitrogen and oxygen atoms in total. The van der Waals surface area contributed by atoms with Gasteiger partial charge < -0.3 is 10.8 Å². The van der Waals surface area contributed by atoms with E-state index in [9.17, 15) is 5.11 Å². The van der Waals surface area contributed by atoms with Crippen LogP contribution >= 0.6 is 0 Å². The average Bonchev–Trinajstić information content (AvgIpc) is 2.46. The molecular weight excluding hydrogens is 150 g/mol. The fourth-order valence-corrected chi connectivity index (χ4v) is 1.88. The molecule has 3 N–H and O–H groups in total. The number of hydrogen-bond acceptors (Lipinski definition) is 2. The van der Waals surface area contributed by atoms with Gasteiger partial charge in [0.1, 0.15) is 5.60 Å². The van der Waals surface area contributed by atoms with Gasteiger partial charge in [-0.15, -0.1) is 0 Å². The van der Waals surface area contributed by atoms with Crippen molar-refractivity contribution in [1.82, 2.24) is 0 Å². The van der Waals surface area contributed by atoms with Gasteiger partial charge in [-0.2, -0.15) is 0 Å². The molecule has 1 aromatic rings. The lowest BCUT2D eigenvalue weighted by molar-refractivity contribution is 0.0481. The Labute approximate surface area is 72.0 Å². The molecule has 64 valence electrons. The number of aryl methyl sites for hydroxylation is 1. The topological polar surface area (TPSA) is 46.2 Å². The fourth-order valence-electron chi connectivity index (χ4n) is 1.88. The Bertz CT molecular complexity index is 298. The minimum Gasteiger partial charge on any atom is -0.384 e. The Balaban J connectivity index is 2.49. The minimum atomic E-state index is -0.753. The Morgan fingerprint density at radius 2 is 2.17 bits per heavy atom. The zero-order chi connectivity index (χ0) is 8.60. The van der Waals surface area contributed by atoms with Gasteiger partial charge in [-0.1, -0.05) is 24.3 Å². The molecule has 0 unspecified atom stereocenters. The van der Waals surface area contributed by atoms with Gasteiger partial charge in [-0.3, -0.25) is 0 Å². The van der Waals surface area contributed by atoms with Crippen LogP contribution in [0.3, 0.4) is 0 Å². The molecule has 0 aliphatic heterocycles. The van der Waals surface area contributed by atoms with Crippen LogP contribution in [0.4, 0.5) is 0 Å². The number of hydrogen-bond donors (Lipinski definition) is 2. The van der Waals surface area contributed by atoms with Crippen LogP contribution in [0.1, 0.15) is 17.5 Å². The van der Waals surface area contributed by atoms with Crippen LogP contribution in [0.25, 0.3) is 0 Å². The predicted molar refractivity (Wildman–Crippen MR) is 47.7 cm³/mol. The van der Waals surface area contributed by atoms with Gasteiger partial charge in [0, 0.05) is 6.54 Å². The zero-order valence-electron chi connectivity index (χ0n) is 6.96. The molecule has 1 aliphatic carbocycles. The van der Waals surface area contributed by atoms with Crippen LogP contribution < -0.4 is 5.73 Å². The molecular formula is C10H13NO. The zero-order valence-corrected chi connectivity index (χ0v) is 6.96. The first-order chi connectivity index (χ1) is 5.76. The van der Waals surface area contributed by atoms with Crippen LogP contribution in [0, 0.1) is 0 Å². The first kappa shape index (κ1) is 7.77. The van der Waals surface area contributed by atoms with Crippen molar-refractivity contribution in [3.8, 4) is 0 Å². The molecule has 1 atom stereocenters. The van der Waals surface area contributed by atoms with Crippen LogP contribution in [0.5, 0.6) is 0 Å². The summed E-state index contributed by atoms with van der Waals surface area (Å²) in [5, 5.41) is 10.0. The Kier molecular flexibility index (Phi) is 1.67. The van der Waals surface area contributed by atoms with Gasteiger partial charge in [0.25, 0.3) is 0 Å². The molecule has 0 aromatic heterocycles. The van der Waals surface area contributed by atoms with E-state index in [1.165, 1.54) is 5.56 Å². The van der Waals surface area contributed by atoms with Crippen LogP contribution in [-0.4, -0.2) is 11.7 Å². The summed E-state index contributed by atoms with van der Waals surface area (Å²) in [6.07, 6.45) is 1.72. The summed E-state index contributed by atoms with van der Waals surface area (Å²) in [6.45, 7) is 0.323. The predicted octanol–water partition coefficient (Wildman–Crippen LogP) is 0.779. The van der Waals surface area contributed by atoms with Crippen molar-refractivity contribution in [2.45, 2.75) is 18.4 Å². The molecule has 0 spiro atoms. The summed E-state index contributed by atoms with van der Waals surface area (Å²) in [5.41, 5.74) is 7.04. The highest BCUT2D eigenvalue weighted by molar-refractivity contribution is 5.37. The third-order valence-corrected chi connectivity index (χ3v) is 2.66. The normalized spacial score (nSPS) is 27.2. The van der Waals surface area contributed by atoms with Crippen molar-refractivity contribution in [2.24, 2.45) is 5.73 Å². The molecule has 2 heteroatoms. The second-order valence-electron chi connectivity index (χ2n) is 3.39. The lowest BCUT2D eigenvalue weighted by atomic mass is 9.96. The van der Waals surface area contributed by atoms with E-state index in [1.54, 1.807) is 0 Å². The van der Waals surface area contributed by atoms with Crippen LogP contribution in [0.15, 0.2) is 24.3 Å². The minimum absolute atomic E-state index is 0.323. The summed E-state index contributed by atoms with van der Waals surface area (Å²) >= 11 is 0. The number of aliphatic hydroxyl groups is 1. The highest BCUT2D eigenvalue weighted by Crippen LogP contribution is 2.35. The Morgan fingerprint density at radius 3 is 2.92 bits per heavy atom. The van der Waals surface area contributed by atoms with Crippen LogP contribution in [-0.2, 0) is 12.0 Å². The van der Waals surface area contributed by atoms with E-state index >= 15 is 0 Å². The summed E-state index contributed by atoms with van der Waals surface area (Å²) in [5.74, 6) is 0. The first-order valence-corrected chi connectivity index (χ1v) is 4.27. The lowest BCUT2D eigenvalue weighted by Crippen LogP contribution is -2.32. The molecule has 12 heavy (non-hydrogen) atoms. The maximum absolute atomic E-state index is 10.0. The van der Waals surface area contributed by atoms with E-state index in [0.29, 0.717) is 6.54 Å². The third-order valence-electron chi connectivity index (χ3n) is 2.66. The smallest absolute Gasteiger partial charge is 0.102 e. The monoisotopic (exact) mass is 163 g/mol. The lowest BCUT2D eigenvalue weighted by Gasteiger charge is -2.21. The van der Waals surface area contributed by atoms with Gasteiger partial charge >= 0.3 is 0 Å². The molecule has 0 saturated carbocycles. The van der Waals surface area contributed by atoms with Crippen molar-refractivity contribution in [3.05, 3.63) is 35.4 Å². The van der Waals surface area contributed by atoms with Crippen molar-refractivity contribution in [3.63, 3.8) is 0 Å². The number of benzene rings is 1. The van der Waals surface area contributed by atoms with Crippen molar-refractivity contribution < 1.29 is 5.11 Å². The highest BCUT2D eigenvalue weighted by atomic mass is 16.3. The molecule has 0 heterocycles. The SMILES string of the molecule is NC[C@@]1(O)CCc2ccccc21. The third kappa shape index (κ3) is 0.958. The molecule has 0 saturated heterocycles. The summed E-state index contributed by atoms with van der Waals surface area (Å²) in [4.78, 5) is 0. The number of rotatable bonds is 1. The largest absolute Gasteiger partial charge is 0.384 e. The maximum Gasteiger partial charge on any atom is 0.102 e. The van der Waals surface area contributed by atoms with Gasteiger partial charge in [-0.05, 0) is 24.0 Å². The maximum atomic E-state index is 10.0. The first-order valence-electron chi connectivity index (χ1n) is 4.27. The quantitative estimate of drug-likeness (QED) is 0.642. The van der Waals surface area contributed by atoms with Crippen LogP contribution in [0.2, 0.25) is 0 Å². The Morgan fingerprint density at radius 1 is 1.42 bits per heavy atom. The standard InChI is InChI=1S/C10H13NO/c11-7-10(12)6-5-8-3-1-2-4-9(8)10/h1-4,12H,5-7,11H2/t10-/m0/s1. The molecule has 0 amide bonds. The summed E-state index contributed by atoms with van der Waals surface area (Å²) < 4.78 is 0. The van der Waals surface area contributed by atoms with Gasteiger partial charge in [0.15, 0.2) is 0 Å². The van der Waals surface area contributed by atoms with Crippen molar-refractivity contribution in [2.75, 3.05) is 6.54 Å². The number of fused-ring (bicyclic) bond motifs is 1. The van der Waals surface area contributed by atoms with E-state index in [2.05, 4.69) is 6.07 Å². The molecule has 1 aromatic carbocycles. The van der Waals surface area contributed by atoms with E-state index in [-0.39, 0.29) is 0 Å². The van der Waals surface area contributed by atoms with E-state index in [1.807, 2.05) is 18.2 Å². The average molecular weight is 163 g/mol. The summed E-state index contributed by atoms with van der Waals surface area (Å²) in [7, 11) is 0. The summed E-state index contributed by atoms with van der Waals surface area (Å²) in [6, 6.07) is 7.98. The second kappa shape index (κ2) is 2.57. The van der Waals surface area contributed by atoms with E-state index in [4.69, 9.17) is 5.73 Å².